The Hall–Kier alpha value is -3.82. The third kappa shape index (κ3) is 3.68. The number of aromatic nitrogens is 3. The van der Waals surface area contributed by atoms with E-state index in [0.29, 0.717) is 16.4 Å². The van der Waals surface area contributed by atoms with Crippen LogP contribution in [0.3, 0.4) is 0 Å². The van der Waals surface area contributed by atoms with Gasteiger partial charge in [-0.2, -0.15) is 10.1 Å². The van der Waals surface area contributed by atoms with Crippen LogP contribution in [0.2, 0.25) is 20.1 Å². The molecule has 3 heterocycles. The van der Waals surface area contributed by atoms with Gasteiger partial charge in [-0.1, -0.05) is 82.8 Å². The molecule has 6 rings (SSSR count). The van der Waals surface area contributed by atoms with Crippen molar-refractivity contribution in [2.24, 2.45) is 0 Å². The summed E-state index contributed by atoms with van der Waals surface area (Å²) in [6.07, 6.45) is 1.82. The molecule has 2 N–H and O–H groups in total. The fraction of sp³-hybridized carbons (Fsp3) is 0. The van der Waals surface area contributed by atoms with Crippen LogP contribution in [0.1, 0.15) is 31.2 Å². The molecule has 5 aromatic rings. The first-order valence-corrected chi connectivity index (χ1v) is 12.6. The van der Waals surface area contributed by atoms with Crippen LogP contribution in [0.5, 0.6) is 0 Å². The quantitative estimate of drug-likeness (QED) is 0.142. The second-order valence-corrected chi connectivity index (χ2v) is 9.81. The monoisotopic (exact) mass is 583 g/mol. The van der Waals surface area contributed by atoms with Crippen LogP contribution in [0.25, 0.3) is 27.8 Å². The largest absolute Gasteiger partial charge is 0.360 e. The molecule has 1 aliphatic heterocycles. The van der Waals surface area contributed by atoms with E-state index >= 15 is 0 Å². The minimum Gasteiger partial charge on any atom is -0.360 e. The Morgan fingerprint density at radius 3 is 2.08 bits per heavy atom. The van der Waals surface area contributed by atoms with Crippen molar-refractivity contribution >= 4 is 75.0 Å². The Labute approximate surface area is 234 Å². The summed E-state index contributed by atoms with van der Waals surface area (Å²) < 4.78 is 1.61. The third-order valence-corrected chi connectivity index (χ3v) is 7.92. The summed E-state index contributed by atoms with van der Waals surface area (Å²) in [5.74, 6) is -2.61. The van der Waals surface area contributed by atoms with Crippen molar-refractivity contribution in [1.29, 1.82) is 0 Å². The molecule has 0 fully saturated rings. The number of hydrogen-bond donors (Lipinski definition) is 2. The maximum absolute atomic E-state index is 13.3. The molecule has 0 bridgehead atoms. The summed E-state index contributed by atoms with van der Waals surface area (Å²) in [5.41, 5.74) is 4.82. The first-order chi connectivity index (χ1) is 18.3. The predicted octanol–water partition coefficient (Wildman–Crippen LogP) is 6.58. The molecular formula is C26H13Cl4N5O3. The third-order valence-electron chi connectivity index (χ3n) is 6.12. The predicted molar refractivity (Wildman–Crippen MR) is 145 cm³/mol. The lowest BCUT2D eigenvalue weighted by Gasteiger charge is -2.14. The summed E-state index contributed by atoms with van der Waals surface area (Å²) in [6, 6.07) is 18.5. The second kappa shape index (κ2) is 9.18. The van der Waals surface area contributed by atoms with Gasteiger partial charge in [-0.15, -0.1) is 0 Å². The standard InChI is InChI=1S/C26H13Cl4N5O3/c27-20-18-19(21(28)23(30)22(20)29)26(38)35(25(18)37)33-24(36)16-10-17(34(32-16)12-6-2-1-3-7-12)14-11-31-15-9-5-4-8-13(14)15/h1-11,31H,(H,33,36). The topological polar surface area (TPSA) is 100 Å². The molecule has 3 amide bonds. The molecule has 8 nitrogen and oxygen atoms in total. The number of carbonyl (C=O) groups is 3. The maximum Gasteiger partial charge on any atom is 0.290 e. The Morgan fingerprint density at radius 1 is 0.816 bits per heavy atom. The molecule has 0 spiro atoms. The van der Waals surface area contributed by atoms with Crippen LogP contribution in [-0.4, -0.2) is 37.5 Å². The zero-order valence-electron chi connectivity index (χ0n) is 18.9. The van der Waals surface area contributed by atoms with Gasteiger partial charge in [0.2, 0.25) is 0 Å². The number of carbonyl (C=O) groups excluding carboxylic acids is 3. The first kappa shape index (κ1) is 24.5. The number of halogens is 4. The molecule has 188 valence electrons. The fourth-order valence-electron chi connectivity index (χ4n) is 4.34. The van der Waals surface area contributed by atoms with Gasteiger partial charge in [0.25, 0.3) is 17.7 Å². The molecule has 2 aromatic heterocycles. The number of fused-ring (bicyclic) bond motifs is 2. The van der Waals surface area contributed by atoms with Gasteiger partial charge >= 0.3 is 0 Å². The molecule has 1 aliphatic rings. The number of para-hydroxylation sites is 2. The van der Waals surface area contributed by atoms with E-state index in [0.717, 1.165) is 16.5 Å². The Balaban J connectivity index is 1.40. The number of H-pyrrole nitrogens is 1. The van der Waals surface area contributed by atoms with Crippen molar-refractivity contribution in [3.8, 4) is 16.9 Å². The van der Waals surface area contributed by atoms with Crippen molar-refractivity contribution in [3.63, 3.8) is 0 Å². The van der Waals surface area contributed by atoms with Gasteiger partial charge in [0, 0.05) is 22.7 Å². The van der Waals surface area contributed by atoms with Crippen LogP contribution in [-0.2, 0) is 0 Å². The Morgan fingerprint density at radius 2 is 1.42 bits per heavy atom. The highest BCUT2D eigenvalue weighted by Crippen LogP contribution is 2.44. The average Bonchev–Trinajstić information content (AvgIpc) is 3.62. The highest BCUT2D eigenvalue weighted by molar-refractivity contribution is 6.55. The van der Waals surface area contributed by atoms with Crippen molar-refractivity contribution in [3.05, 3.63) is 104 Å². The van der Waals surface area contributed by atoms with Crippen molar-refractivity contribution in [2.75, 3.05) is 0 Å². The molecule has 38 heavy (non-hydrogen) atoms. The number of amides is 3. The van der Waals surface area contributed by atoms with Gasteiger partial charge in [0.05, 0.1) is 42.6 Å². The van der Waals surface area contributed by atoms with Gasteiger partial charge in [-0.25, -0.2) is 4.68 Å². The molecule has 0 saturated heterocycles. The van der Waals surface area contributed by atoms with Crippen LogP contribution >= 0.6 is 46.4 Å². The van der Waals surface area contributed by atoms with Gasteiger partial charge in [0.15, 0.2) is 5.69 Å². The summed E-state index contributed by atoms with van der Waals surface area (Å²) in [4.78, 5) is 42.6. The van der Waals surface area contributed by atoms with Gasteiger partial charge in [-0.05, 0) is 24.3 Å². The molecule has 0 atom stereocenters. The number of nitrogens with one attached hydrogen (secondary N) is 2. The maximum atomic E-state index is 13.3. The molecular weight excluding hydrogens is 572 g/mol. The van der Waals surface area contributed by atoms with Gasteiger partial charge < -0.3 is 4.98 Å². The molecule has 3 aromatic carbocycles. The van der Waals surface area contributed by atoms with Crippen LogP contribution in [0.4, 0.5) is 0 Å². The number of imide groups is 1. The van der Waals surface area contributed by atoms with E-state index in [2.05, 4.69) is 15.5 Å². The molecule has 0 unspecified atom stereocenters. The highest BCUT2D eigenvalue weighted by Gasteiger charge is 2.43. The van der Waals surface area contributed by atoms with E-state index in [4.69, 9.17) is 46.4 Å². The van der Waals surface area contributed by atoms with Crippen LogP contribution in [0, 0.1) is 0 Å². The van der Waals surface area contributed by atoms with E-state index in [1.54, 1.807) is 10.7 Å². The normalized spacial score (nSPS) is 12.9. The fourth-order valence-corrected chi connectivity index (χ4v) is 5.36. The lowest BCUT2D eigenvalue weighted by atomic mass is 10.1. The minimum absolute atomic E-state index is 0.0426. The Kier molecular flexibility index (Phi) is 5.92. The van der Waals surface area contributed by atoms with E-state index in [1.807, 2.05) is 60.8 Å². The lowest BCUT2D eigenvalue weighted by Crippen LogP contribution is -2.46. The van der Waals surface area contributed by atoms with Crippen molar-refractivity contribution in [2.45, 2.75) is 0 Å². The minimum atomic E-state index is -0.900. The number of nitrogens with zero attached hydrogens (tertiary/aromatic N) is 3. The highest BCUT2D eigenvalue weighted by atomic mass is 35.5. The van der Waals surface area contributed by atoms with Gasteiger partial charge in [0.1, 0.15) is 0 Å². The molecule has 0 radical (unpaired) electrons. The number of hydrazine groups is 1. The smallest absolute Gasteiger partial charge is 0.290 e. The SMILES string of the molecule is O=C(NN1C(=O)c2c(Cl)c(Cl)c(Cl)c(Cl)c2C1=O)c1cc(-c2c[nH]c3ccccc23)n(-c2ccccc2)n1. The van der Waals surface area contributed by atoms with Crippen LogP contribution < -0.4 is 5.43 Å². The Bertz CT molecular complexity index is 1770. The average molecular weight is 585 g/mol. The van der Waals surface area contributed by atoms with Gasteiger partial charge in [-0.3, -0.25) is 19.8 Å². The summed E-state index contributed by atoms with van der Waals surface area (Å²) in [6.45, 7) is 0. The van der Waals surface area contributed by atoms with Crippen molar-refractivity contribution < 1.29 is 14.4 Å². The molecule has 0 aliphatic carbocycles. The lowest BCUT2D eigenvalue weighted by molar-refractivity contribution is 0.0516. The zero-order chi connectivity index (χ0) is 26.7. The number of rotatable bonds is 4. The van der Waals surface area contributed by atoms with E-state index in [-0.39, 0.29) is 36.9 Å². The van der Waals surface area contributed by atoms with E-state index in [1.165, 1.54) is 0 Å². The first-order valence-electron chi connectivity index (χ1n) is 11.1. The number of hydrogen-bond acceptors (Lipinski definition) is 4. The number of aromatic amines is 1. The van der Waals surface area contributed by atoms with E-state index < -0.39 is 17.7 Å². The second-order valence-electron chi connectivity index (χ2n) is 8.30. The van der Waals surface area contributed by atoms with E-state index in [9.17, 15) is 14.4 Å². The number of benzene rings is 3. The molecule has 0 saturated carbocycles. The van der Waals surface area contributed by atoms with Crippen LogP contribution in [0.15, 0.2) is 66.9 Å². The molecule has 12 heteroatoms. The van der Waals surface area contributed by atoms with Crippen molar-refractivity contribution in [1.82, 2.24) is 25.2 Å². The zero-order valence-corrected chi connectivity index (χ0v) is 22.0. The summed E-state index contributed by atoms with van der Waals surface area (Å²) in [7, 11) is 0. The summed E-state index contributed by atoms with van der Waals surface area (Å²) in [5, 5.41) is 5.13. The summed E-state index contributed by atoms with van der Waals surface area (Å²) >= 11 is 24.5.